The van der Waals surface area contributed by atoms with Crippen LogP contribution in [0.3, 0.4) is 0 Å². The Labute approximate surface area is 94.4 Å². The monoisotopic (exact) mass is 217 g/mol. The highest BCUT2D eigenvalue weighted by molar-refractivity contribution is 5.53. The molecule has 1 aromatic heterocycles. The van der Waals surface area contributed by atoms with Gasteiger partial charge in [0.1, 0.15) is 5.75 Å². The van der Waals surface area contributed by atoms with Crippen LogP contribution in [0.1, 0.15) is 17.0 Å². The van der Waals surface area contributed by atoms with Crippen LogP contribution in [0.25, 0.3) is 0 Å². The third kappa shape index (κ3) is 2.16. The number of rotatable bonds is 3. The second-order valence-electron chi connectivity index (χ2n) is 3.83. The fraction of sp³-hybridized carbons (Fsp3) is 0.250. The van der Waals surface area contributed by atoms with E-state index in [2.05, 4.69) is 15.3 Å². The fourth-order valence-electron chi connectivity index (χ4n) is 1.59. The molecule has 0 unspecified atom stereocenters. The van der Waals surface area contributed by atoms with Crippen molar-refractivity contribution >= 4 is 5.69 Å². The van der Waals surface area contributed by atoms with Gasteiger partial charge in [0, 0.05) is 11.4 Å². The molecule has 2 rings (SSSR count). The Morgan fingerprint density at radius 2 is 2.19 bits per heavy atom. The van der Waals surface area contributed by atoms with Crippen molar-refractivity contribution < 1.29 is 5.11 Å². The van der Waals surface area contributed by atoms with E-state index in [0.29, 0.717) is 12.3 Å². The molecular formula is C12H15N3O. The minimum Gasteiger partial charge on any atom is -0.508 e. The average molecular weight is 217 g/mol. The van der Waals surface area contributed by atoms with Gasteiger partial charge in [0.05, 0.1) is 18.6 Å². The minimum atomic E-state index is 0.291. The molecule has 3 N–H and O–H groups in total. The van der Waals surface area contributed by atoms with E-state index >= 15 is 0 Å². The van der Waals surface area contributed by atoms with Crippen LogP contribution in [0.4, 0.5) is 5.69 Å². The predicted octanol–water partition coefficient (Wildman–Crippen LogP) is 2.34. The van der Waals surface area contributed by atoms with Crippen molar-refractivity contribution in [1.29, 1.82) is 0 Å². The van der Waals surface area contributed by atoms with E-state index in [4.69, 9.17) is 0 Å². The number of nitrogens with one attached hydrogen (secondary N) is 2. The van der Waals surface area contributed by atoms with Gasteiger partial charge in [-0.3, -0.25) is 0 Å². The third-order valence-corrected chi connectivity index (χ3v) is 2.59. The fourth-order valence-corrected chi connectivity index (χ4v) is 1.59. The maximum absolute atomic E-state index is 9.29. The molecule has 0 amide bonds. The van der Waals surface area contributed by atoms with Crippen LogP contribution in [-0.2, 0) is 6.54 Å². The number of aromatic nitrogens is 2. The van der Waals surface area contributed by atoms with Gasteiger partial charge in [-0.25, -0.2) is 4.98 Å². The minimum absolute atomic E-state index is 0.291. The number of phenols is 1. The summed E-state index contributed by atoms with van der Waals surface area (Å²) in [5, 5.41) is 12.6. The molecule has 1 heterocycles. The van der Waals surface area contributed by atoms with E-state index in [1.165, 1.54) is 0 Å². The van der Waals surface area contributed by atoms with Crippen LogP contribution in [0, 0.1) is 13.8 Å². The van der Waals surface area contributed by atoms with E-state index in [9.17, 15) is 5.11 Å². The lowest BCUT2D eigenvalue weighted by Crippen LogP contribution is -2.02. The lowest BCUT2D eigenvalue weighted by Gasteiger charge is -2.08. The van der Waals surface area contributed by atoms with Crippen molar-refractivity contribution in [3.63, 3.8) is 0 Å². The summed E-state index contributed by atoms with van der Waals surface area (Å²) in [5.41, 5.74) is 4.12. The van der Waals surface area contributed by atoms with E-state index in [1.807, 2.05) is 19.9 Å². The molecule has 4 heteroatoms. The van der Waals surface area contributed by atoms with Gasteiger partial charge in [-0.05, 0) is 37.6 Å². The molecule has 0 aliphatic heterocycles. The number of benzene rings is 1. The van der Waals surface area contributed by atoms with Crippen molar-refractivity contribution in [3.05, 3.63) is 41.5 Å². The first-order valence-corrected chi connectivity index (χ1v) is 5.19. The first kappa shape index (κ1) is 10.5. The van der Waals surface area contributed by atoms with E-state index < -0.39 is 0 Å². The smallest absolute Gasteiger partial charge is 0.115 e. The molecular weight excluding hydrogens is 202 g/mol. The Bertz CT molecular complexity index is 491. The quantitative estimate of drug-likeness (QED) is 0.691. The van der Waals surface area contributed by atoms with Gasteiger partial charge in [-0.15, -0.1) is 0 Å². The van der Waals surface area contributed by atoms with Gasteiger partial charge in [0.15, 0.2) is 0 Å². The van der Waals surface area contributed by atoms with E-state index in [1.54, 1.807) is 18.5 Å². The van der Waals surface area contributed by atoms with Gasteiger partial charge in [0.25, 0.3) is 0 Å². The summed E-state index contributed by atoms with van der Waals surface area (Å²) in [6.07, 6.45) is 1.69. The highest BCUT2D eigenvalue weighted by Crippen LogP contribution is 2.20. The predicted molar refractivity (Wildman–Crippen MR) is 63.5 cm³/mol. The highest BCUT2D eigenvalue weighted by Gasteiger charge is 2.02. The zero-order valence-electron chi connectivity index (χ0n) is 9.41. The van der Waals surface area contributed by atoms with Crippen molar-refractivity contribution in [2.45, 2.75) is 20.4 Å². The molecule has 0 bridgehead atoms. The summed E-state index contributed by atoms with van der Waals surface area (Å²) in [4.78, 5) is 7.25. The maximum Gasteiger partial charge on any atom is 0.115 e. The summed E-state index contributed by atoms with van der Waals surface area (Å²) in [7, 11) is 0. The normalized spacial score (nSPS) is 10.4. The summed E-state index contributed by atoms with van der Waals surface area (Å²) in [5.74, 6) is 0.291. The molecule has 0 aliphatic rings. The number of H-pyrrole nitrogens is 1. The lowest BCUT2D eigenvalue weighted by molar-refractivity contribution is 0.475. The largest absolute Gasteiger partial charge is 0.508 e. The summed E-state index contributed by atoms with van der Waals surface area (Å²) < 4.78 is 0. The Morgan fingerprint density at radius 1 is 1.38 bits per heavy atom. The van der Waals surface area contributed by atoms with Crippen LogP contribution in [0.2, 0.25) is 0 Å². The van der Waals surface area contributed by atoms with Crippen LogP contribution < -0.4 is 5.32 Å². The molecule has 1 aromatic carbocycles. The van der Waals surface area contributed by atoms with Crippen molar-refractivity contribution in [2.75, 3.05) is 5.32 Å². The first-order chi connectivity index (χ1) is 7.66. The van der Waals surface area contributed by atoms with Crippen molar-refractivity contribution in [2.24, 2.45) is 0 Å². The highest BCUT2D eigenvalue weighted by atomic mass is 16.3. The first-order valence-electron chi connectivity index (χ1n) is 5.19. The van der Waals surface area contributed by atoms with Crippen molar-refractivity contribution in [3.8, 4) is 5.75 Å². The number of aromatic amines is 1. The summed E-state index contributed by atoms with van der Waals surface area (Å²) in [6, 6.07) is 5.28. The molecule has 4 nitrogen and oxygen atoms in total. The Kier molecular flexibility index (Phi) is 2.81. The topological polar surface area (TPSA) is 60.9 Å². The number of aromatic hydroxyl groups is 1. The number of phenolic OH excluding ortho intramolecular Hbond substituents is 1. The average Bonchev–Trinajstić information content (AvgIpc) is 2.63. The van der Waals surface area contributed by atoms with E-state index in [0.717, 1.165) is 22.6 Å². The number of nitrogens with zero attached hydrogens (tertiary/aromatic N) is 1. The Morgan fingerprint density at radius 3 is 2.81 bits per heavy atom. The number of aryl methyl sites for hydroxylation is 2. The van der Waals surface area contributed by atoms with Gasteiger partial charge in [-0.2, -0.15) is 0 Å². The number of hydrogen-bond donors (Lipinski definition) is 3. The van der Waals surface area contributed by atoms with Gasteiger partial charge >= 0.3 is 0 Å². The van der Waals surface area contributed by atoms with Crippen LogP contribution in [-0.4, -0.2) is 15.1 Å². The molecule has 0 radical (unpaired) electrons. The molecule has 0 spiro atoms. The molecule has 2 aromatic rings. The summed E-state index contributed by atoms with van der Waals surface area (Å²) >= 11 is 0. The number of imidazole rings is 1. The van der Waals surface area contributed by atoms with Crippen molar-refractivity contribution in [1.82, 2.24) is 9.97 Å². The zero-order valence-corrected chi connectivity index (χ0v) is 9.41. The molecule has 0 fully saturated rings. The second kappa shape index (κ2) is 4.26. The third-order valence-electron chi connectivity index (χ3n) is 2.59. The molecule has 16 heavy (non-hydrogen) atoms. The molecule has 0 aliphatic carbocycles. The van der Waals surface area contributed by atoms with E-state index in [-0.39, 0.29) is 0 Å². The standard InChI is InChI=1S/C12H15N3O/c1-8-5-10(16)3-4-11(8)13-6-12-9(2)14-7-15-12/h3-5,7,13,16H,6H2,1-2H3,(H,14,15). The number of hydrogen-bond acceptors (Lipinski definition) is 3. The Hall–Kier alpha value is -1.97. The van der Waals surface area contributed by atoms with Gasteiger partial charge in [0.2, 0.25) is 0 Å². The van der Waals surface area contributed by atoms with Crippen LogP contribution in [0.5, 0.6) is 5.75 Å². The van der Waals surface area contributed by atoms with Gasteiger partial charge in [-0.1, -0.05) is 0 Å². The second-order valence-corrected chi connectivity index (χ2v) is 3.83. The Balaban J connectivity index is 2.08. The zero-order chi connectivity index (χ0) is 11.5. The van der Waals surface area contributed by atoms with Crippen LogP contribution in [0.15, 0.2) is 24.5 Å². The lowest BCUT2D eigenvalue weighted by atomic mass is 10.2. The molecule has 0 saturated heterocycles. The molecule has 0 saturated carbocycles. The maximum atomic E-state index is 9.29. The molecule has 0 atom stereocenters. The van der Waals surface area contributed by atoms with Crippen LogP contribution >= 0.6 is 0 Å². The number of anilines is 1. The molecule has 84 valence electrons. The van der Waals surface area contributed by atoms with Gasteiger partial charge < -0.3 is 15.4 Å². The summed E-state index contributed by atoms with van der Waals surface area (Å²) in [6.45, 7) is 4.63. The SMILES string of the molecule is Cc1cc(O)ccc1NCc1nc[nH]c1C.